The van der Waals surface area contributed by atoms with E-state index in [9.17, 15) is 8.78 Å². The number of ether oxygens (including phenoxy) is 1. The quantitative estimate of drug-likeness (QED) is 0.750. The summed E-state index contributed by atoms with van der Waals surface area (Å²) in [5.74, 6) is 0.495. The van der Waals surface area contributed by atoms with Crippen molar-refractivity contribution in [1.82, 2.24) is 0 Å². The molecule has 0 unspecified atom stereocenters. The molecule has 0 atom stereocenters. The molecule has 0 amide bonds. The summed E-state index contributed by atoms with van der Waals surface area (Å²) >= 11 is 0. The molecule has 90 valence electrons. The summed E-state index contributed by atoms with van der Waals surface area (Å²) in [6.45, 7) is 0.245. The molecule has 0 aromatic heterocycles. The zero-order valence-electron chi connectivity index (χ0n) is 9.49. The zero-order chi connectivity index (χ0) is 13.0. The highest BCUT2D eigenvalue weighted by Gasteiger charge is 2.09. The second-order valence-electron chi connectivity index (χ2n) is 3.68. The van der Waals surface area contributed by atoms with Crippen LogP contribution < -0.4 is 4.74 Å². The number of terminal acetylenes is 1. The maximum absolute atomic E-state index is 13.4. The largest absolute Gasteiger partial charge is 0.489 e. The molecule has 2 rings (SSSR count). The number of hydrogen-bond acceptors (Lipinski definition) is 1. The van der Waals surface area contributed by atoms with Gasteiger partial charge in [0.05, 0.1) is 5.56 Å². The normalized spacial score (nSPS) is 9.83. The standard InChI is InChI=1S/C15H10F2O/c1-2-13-14(16)8-12(9-15(13)17)18-10-11-6-4-3-5-7-11/h1,3-9H,10H2. The first kappa shape index (κ1) is 12.1. The Kier molecular flexibility index (Phi) is 3.59. The van der Waals surface area contributed by atoms with Gasteiger partial charge in [-0.1, -0.05) is 36.3 Å². The Balaban J connectivity index is 2.14. The third kappa shape index (κ3) is 2.67. The summed E-state index contributed by atoms with van der Waals surface area (Å²) in [6, 6.07) is 11.5. The summed E-state index contributed by atoms with van der Waals surface area (Å²) in [6.07, 6.45) is 5.00. The van der Waals surface area contributed by atoms with Crippen LogP contribution in [0.1, 0.15) is 11.1 Å². The van der Waals surface area contributed by atoms with Gasteiger partial charge in [0.25, 0.3) is 0 Å². The van der Waals surface area contributed by atoms with Gasteiger partial charge in [0, 0.05) is 12.1 Å². The van der Waals surface area contributed by atoms with E-state index in [-0.39, 0.29) is 17.9 Å². The highest BCUT2D eigenvalue weighted by Crippen LogP contribution is 2.20. The molecule has 0 radical (unpaired) electrons. The molecule has 0 bridgehead atoms. The molecule has 0 saturated heterocycles. The molecule has 0 heterocycles. The molecule has 2 aromatic rings. The Morgan fingerprint density at radius 2 is 1.67 bits per heavy atom. The lowest BCUT2D eigenvalue weighted by Gasteiger charge is -2.07. The van der Waals surface area contributed by atoms with E-state index in [0.29, 0.717) is 0 Å². The van der Waals surface area contributed by atoms with Crippen LogP contribution in [-0.2, 0) is 6.61 Å². The minimum absolute atomic E-state index is 0.118. The van der Waals surface area contributed by atoms with Gasteiger partial charge in [-0.3, -0.25) is 0 Å². The molecule has 0 aliphatic rings. The topological polar surface area (TPSA) is 9.23 Å². The molecule has 0 spiro atoms. The maximum Gasteiger partial charge on any atom is 0.145 e. The van der Waals surface area contributed by atoms with Crippen LogP contribution in [0.15, 0.2) is 42.5 Å². The average molecular weight is 244 g/mol. The number of halogens is 2. The van der Waals surface area contributed by atoms with E-state index < -0.39 is 11.6 Å². The summed E-state index contributed by atoms with van der Waals surface area (Å²) in [5.41, 5.74) is 0.543. The first-order valence-electron chi connectivity index (χ1n) is 5.33. The van der Waals surface area contributed by atoms with Crippen LogP contribution in [0.3, 0.4) is 0 Å². The van der Waals surface area contributed by atoms with Gasteiger partial charge in [0.15, 0.2) is 0 Å². The Bertz CT molecular complexity index is 562. The number of hydrogen-bond donors (Lipinski definition) is 0. The van der Waals surface area contributed by atoms with Gasteiger partial charge in [-0.15, -0.1) is 6.42 Å². The fraction of sp³-hybridized carbons (Fsp3) is 0.0667. The van der Waals surface area contributed by atoms with Crippen LogP contribution in [0.4, 0.5) is 8.78 Å². The minimum Gasteiger partial charge on any atom is -0.489 e. The molecule has 0 N–H and O–H groups in total. The van der Waals surface area contributed by atoms with Crippen LogP contribution in [0, 0.1) is 24.0 Å². The van der Waals surface area contributed by atoms with Crippen molar-refractivity contribution in [2.45, 2.75) is 6.61 Å². The molecule has 0 aliphatic carbocycles. The highest BCUT2D eigenvalue weighted by molar-refractivity contribution is 5.39. The lowest BCUT2D eigenvalue weighted by molar-refractivity contribution is 0.302. The van der Waals surface area contributed by atoms with E-state index in [1.54, 1.807) is 0 Å². The fourth-order valence-electron chi connectivity index (χ4n) is 1.51. The van der Waals surface area contributed by atoms with E-state index in [0.717, 1.165) is 17.7 Å². The van der Waals surface area contributed by atoms with Gasteiger partial charge >= 0.3 is 0 Å². The lowest BCUT2D eigenvalue weighted by atomic mass is 10.2. The molecule has 0 aliphatic heterocycles. The molecule has 2 aromatic carbocycles. The Labute approximate surface area is 104 Å². The predicted octanol–water partition coefficient (Wildman–Crippen LogP) is 3.53. The van der Waals surface area contributed by atoms with Crippen molar-refractivity contribution < 1.29 is 13.5 Å². The van der Waals surface area contributed by atoms with Crippen LogP contribution in [0.25, 0.3) is 0 Å². The molecule has 18 heavy (non-hydrogen) atoms. The van der Waals surface area contributed by atoms with E-state index in [2.05, 4.69) is 0 Å². The van der Waals surface area contributed by atoms with E-state index in [1.807, 2.05) is 36.3 Å². The lowest BCUT2D eigenvalue weighted by Crippen LogP contribution is -1.98. The third-order valence-electron chi connectivity index (χ3n) is 2.41. The molecular formula is C15H10F2O. The van der Waals surface area contributed by atoms with Crippen molar-refractivity contribution in [1.29, 1.82) is 0 Å². The summed E-state index contributed by atoms with van der Waals surface area (Å²) < 4.78 is 32.1. The van der Waals surface area contributed by atoms with Crippen molar-refractivity contribution in [3.8, 4) is 18.1 Å². The van der Waals surface area contributed by atoms with Crippen molar-refractivity contribution in [3.05, 3.63) is 65.2 Å². The summed E-state index contributed by atoms with van der Waals surface area (Å²) in [5, 5.41) is 0. The first-order chi connectivity index (χ1) is 8.70. The number of benzene rings is 2. The predicted molar refractivity (Wildman–Crippen MR) is 65.1 cm³/mol. The Hall–Kier alpha value is -2.34. The Morgan fingerprint density at radius 1 is 1.06 bits per heavy atom. The van der Waals surface area contributed by atoms with E-state index in [1.165, 1.54) is 0 Å². The Morgan fingerprint density at radius 3 is 2.22 bits per heavy atom. The second kappa shape index (κ2) is 5.33. The average Bonchev–Trinajstić information content (AvgIpc) is 2.37. The van der Waals surface area contributed by atoms with E-state index >= 15 is 0 Å². The summed E-state index contributed by atoms with van der Waals surface area (Å²) in [7, 11) is 0. The van der Waals surface area contributed by atoms with Gasteiger partial charge in [-0.05, 0) is 5.56 Å². The number of rotatable bonds is 3. The van der Waals surface area contributed by atoms with Gasteiger partial charge < -0.3 is 4.74 Å². The first-order valence-corrected chi connectivity index (χ1v) is 5.33. The van der Waals surface area contributed by atoms with Gasteiger partial charge in [-0.2, -0.15) is 0 Å². The summed E-state index contributed by atoms with van der Waals surface area (Å²) in [4.78, 5) is 0. The molecule has 0 saturated carbocycles. The van der Waals surface area contributed by atoms with Gasteiger partial charge in [0.1, 0.15) is 24.0 Å². The smallest absolute Gasteiger partial charge is 0.145 e. The van der Waals surface area contributed by atoms with Crippen LogP contribution in [0.2, 0.25) is 0 Å². The van der Waals surface area contributed by atoms with Crippen LogP contribution >= 0.6 is 0 Å². The highest BCUT2D eigenvalue weighted by atomic mass is 19.1. The maximum atomic E-state index is 13.4. The SMILES string of the molecule is C#Cc1c(F)cc(OCc2ccccc2)cc1F. The van der Waals surface area contributed by atoms with Gasteiger partial charge in [-0.25, -0.2) is 8.78 Å². The van der Waals surface area contributed by atoms with Crippen molar-refractivity contribution >= 4 is 0 Å². The molecule has 3 heteroatoms. The molecule has 1 nitrogen and oxygen atoms in total. The molecule has 0 fully saturated rings. The molecular weight excluding hydrogens is 234 g/mol. The van der Waals surface area contributed by atoms with Crippen LogP contribution in [0.5, 0.6) is 5.75 Å². The van der Waals surface area contributed by atoms with Crippen LogP contribution in [-0.4, -0.2) is 0 Å². The second-order valence-corrected chi connectivity index (χ2v) is 3.68. The van der Waals surface area contributed by atoms with Crippen molar-refractivity contribution in [3.63, 3.8) is 0 Å². The third-order valence-corrected chi connectivity index (χ3v) is 2.41. The monoisotopic (exact) mass is 244 g/mol. The zero-order valence-corrected chi connectivity index (χ0v) is 9.49. The van der Waals surface area contributed by atoms with Crippen molar-refractivity contribution in [2.75, 3.05) is 0 Å². The fourth-order valence-corrected chi connectivity index (χ4v) is 1.51. The van der Waals surface area contributed by atoms with E-state index in [4.69, 9.17) is 11.2 Å². The minimum atomic E-state index is -0.791. The van der Waals surface area contributed by atoms with Crippen molar-refractivity contribution in [2.24, 2.45) is 0 Å². The van der Waals surface area contributed by atoms with Gasteiger partial charge in [0.2, 0.25) is 0 Å².